The summed E-state index contributed by atoms with van der Waals surface area (Å²) >= 11 is 1.66. The number of aromatic nitrogens is 1. The second kappa shape index (κ2) is 4.14. The zero-order chi connectivity index (χ0) is 11.7. The third-order valence-electron chi connectivity index (χ3n) is 2.44. The first-order valence-electron chi connectivity index (χ1n) is 4.80. The summed E-state index contributed by atoms with van der Waals surface area (Å²) in [6, 6.07) is 7.45. The van der Waals surface area contributed by atoms with E-state index in [1.165, 1.54) is 0 Å². The SMILES string of the molecule is CSc1ccc2nc(C(=O)O)cc(C)c2c1. The van der Waals surface area contributed by atoms with Gasteiger partial charge in [-0.25, -0.2) is 9.78 Å². The van der Waals surface area contributed by atoms with Gasteiger partial charge in [-0.15, -0.1) is 11.8 Å². The number of hydrogen-bond donors (Lipinski definition) is 1. The zero-order valence-electron chi connectivity index (χ0n) is 9.02. The number of fused-ring (bicyclic) bond motifs is 1. The quantitative estimate of drug-likeness (QED) is 0.810. The Labute approximate surface area is 97.5 Å². The van der Waals surface area contributed by atoms with Crippen LogP contribution in [0, 0.1) is 6.92 Å². The Balaban J connectivity index is 2.71. The predicted molar refractivity (Wildman–Crippen MR) is 65.2 cm³/mol. The molecule has 2 aromatic rings. The molecule has 0 saturated heterocycles. The number of carboxylic acids is 1. The first kappa shape index (κ1) is 11.0. The Morgan fingerprint density at radius 2 is 2.12 bits per heavy atom. The van der Waals surface area contributed by atoms with Crippen LogP contribution in [0.1, 0.15) is 16.1 Å². The third kappa shape index (κ3) is 1.88. The molecule has 0 saturated carbocycles. The molecular formula is C12H11NO2S. The maximum atomic E-state index is 10.9. The number of thioether (sulfide) groups is 1. The fraction of sp³-hybridized carbons (Fsp3) is 0.167. The van der Waals surface area contributed by atoms with E-state index in [1.54, 1.807) is 17.8 Å². The van der Waals surface area contributed by atoms with Gasteiger partial charge in [-0.3, -0.25) is 0 Å². The highest BCUT2D eigenvalue weighted by atomic mass is 32.2. The van der Waals surface area contributed by atoms with E-state index in [1.807, 2.05) is 31.4 Å². The molecule has 1 aromatic carbocycles. The molecule has 3 nitrogen and oxygen atoms in total. The molecule has 82 valence electrons. The van der Waals surface area contributed by atoms with Crippen molar-refractivity contribution < 1.29 is 9.90 Å². The van der Waals surface area contributed by atoms with Crippen molar-refractivity contribution in [2.24, 2.45) is 0 Å². The molecule has 0 aliphatic carbocycles. The molecule has 0 fully saturated rings. The molecule has 0 radical (unpaired) electrons. The largest absolute Gasteiger partial charge is 0.477 e. The number of aryl methyl sites for hydroxylation is 1. The van der Waals surface area contributed by atoms with Crippen LogP contribution in [0.4, 0.5) is 0 Å². The topological polar surface area (TPSA) is 50.2 Å². The average molecular weight is 233 g/mol. The summed E-state index contributed by atoms with van der Waals surface area (Å²) in [7, 11) is 0. The molecule has 1 N–H and O–H groups in total. The van der Waals surface area contributed by atoms with Crippen molar-refractivity contribution in [3.05, 3.63) is 35.5 Å². The number of pyridine rings is 1. The number of aromatic carboxylic acids is 1. The standard InChI is InChI=1S/C12H11NO2S/c1-7-5-11(12(14)15)13-10-4-3-8(16-2)6-9(7)10/h3-6H,1-2H3,(H,14,15). The van der Waals surface area contributed by atoms with Gasteiger partial charge in [0.15, 0.2) is 0 Å². The molecule has 0 aliphatic heterocycles. The Bertz CT molecular complexity index is 566. The van der Waals surface area contributed by atoms with E-state index in [2.05, 4.69) is 4.98 Å². The second-order valence-electron chi connectivity index (χ2n) is 3.51. The number of carboxylic acid groups (broad SMARTS) is 1. The van der Waals surface area contributed by atoms with Crippen molar-refractivity contribution in [2.45, 2.75) is 11.8 Å². The molecule has 16 heavy (non-hydrogen) atoms. The van der Waals surface area contributed by atoms with Crippen molar-refractivity contribution in [3.63, 3.8) is 0 Å². The number of benzene rings is 1. The average Bonchev–Trinajstić information content (AvgIpc) is 2.28. The summed E-state index contributed by atoms with van der Waals surface area (Å²) in [5.41, 5.74) is 1.77. The van der Waals surface area contributed by atoms with Crippen LogP contribution in [0.3, 0.4) is 0 Å². The fourth-order valence-corrected chi connectivity index (χ4v) is 2.05. The number of hydrogen-bond acceptors (Lipinski definition) is 3. The lowest BCUT2D eigenvalue weighted by Gasteiger charge is -2.05. The summed E-state index contributed by atoms with van der Waals surface area (Å²) < 4.78 is 0. The van der Waals surface area contributed by atoms with Gasteiger partial charge in [0, 0.05) is 10.3 Å². The first-order chi connectivity index (χ1) is 7.61. The summed E-state index contributed by atoms with van der Waals surface area (Å²) in [4.78, 5) is 16.1. The van der Waals surface area contributed by atoms with Gasteiger partial charge in [-0.1, -0.05) is 0 Å². The van der Waals surface area contributed by atoms with E-state index in [0.717, 1.165) is 21.4 Å². The highest BCUT2D eigenvalue weighted by Crippen LogP contribution is 2.23. The monoisotopic (exact) mass is 233 g/mol. The van der Waals surface area contributed by atoms with Gasteiger partial charge in [0.1, 0.15) is 5.69 Å². The maximum Gasteiger partial charge on any atom is 0.354 e. The highest BCUT2D eigenvalue weighted by Gasteiger charge is 2.08. The van der Waals surface area contributed by atoms with E-state index in [-0.39, 0.29) is 5.69 Å². The molecule has 0 unspecified atom stereocenters. The molecule has 0 aliphatic rings. The number of carbonyl (C=O) groups is 1. The van der Waals surface area contributed by atoms with E-state index >= 15 is 0 Å². The minimum Gasteiger partial charge on any atom is -0.477 e. The summed E-state index contributed by atoms with van der Waals surface area (Å²) in [5, 5.41) is 9.91. The summed E-state index contributed by atoms with van der Waals surface area (Å²) in [5.74, 6) is -0.987. The molecule has 0 atom stereocenters. The molecular weight excluding hydrogens is 222 g/mol. The second-order valence-corrected chi connectivity index (χ2v) is 4.39. The van der Waals surface area contributed by atoms with Gasteiger partial charge < -0.3 is 5.11 Å². The van der Waals surface area contributed by atoms with E-state index in [0.29, 0.717) is 0 Å². The Hall–Kier alpha value is -1.55. The molecule has 0 bridgehead atoms. The normalized spacial score (nSPS) is 10.6. The van der Waals surface area contributed by atoms with Crippen LogP contribution in [0.25, 0.3) is 10.9 Å². The minimum absolute atomic E-state index is 0.0990. The Kier molecular flexibility index (Phi) is 2.83. The molecule has 1 aromatic heterocycles. The third-order valence-corrected chi connectivity index (χ3v) is 3.17. The van der Waals surface area contributed by atoms with E-state index in [4.69, 9.17) is 5.11 Å². The lowest BCUT2D eigenvalue weighted by atomic mass is 10.1. The van der Waals surface area contributed by atoms with Gasteiger partial charge in [-0.05, 0) is 43.0 Å². The number of nitrogens with zero attached hydrogens (tertiary/aromatic N) is 1. The van der Waals surface area contributed by atoms with Gasteiger partial charge in [0.25, 0.3) is 0 Å². The molecule has 4 heteroatoms. The summed E-state index contributed by atoms with van der Waals surface area (Å²) in [6.45, 7) is 1.90. The van der Waals surface area contributed by atoms with Crippen molar-refractivity contribution in [1.82, 2.24) is 4.98 Å². The highest BCUT2D eigenvalue weighted by molar-refractivity contribution is 7.98. The van der Waals surface area contributed by atoms with Crippen LogP contribution >= 0.6 is 11.8 Å². The van der Waals surface area contributed by atoms with Crippen LogP contribution < -0.4 is 0 Å². The first-order valence-corrected chi connectivity index (χ1v) is 6.03. The van der Waals surface area contributed by atoms with Gasteiger partial charge in [-0.2, -0.15) is 0 Å². The minimum atomic E-state index is -0.987. The molecule has 0 amide bonds. The van der Waals surface area contributed by atoms with E-state index in [9.17, 15) is 4.79 Å². The van der Waals surface area contributed by atoms with Crippen molar-refractivity contribution in [1.29, 1.82) is 0 Å². The smallest absolute Gasteiger partial charge is 0.354 e. The lowest BCUT2D eigenvalue weighted by Crippen LogP contribution is -2.01. The number of rotatable bonds is 2. The predicted octanol–water partition coefficient (Wildman–Crippen LogP) is 2.96. The van der Waals surface area contributed by atoms with Crippen molar-refractivity contribution >= 4 is 28.6 Å². The Morgan fingerprint density at radius 1 is 1.38 bits per heavy atom. The van der Waals surface area contributed by atoms with Crippen LogP contribution in [-0.2, 0) is 0 Å². The van der Waals surface area contributed by atoms with Gasteiger partial charge >= 0.3 is 5.97 Å². The summed E-state index contributed by atoms with van der Waals surface area (Å²) in [6.07, 6.45) is 2.01. The van der Waals surface area contributed by atoms with Crippen LogP contribution in [0.2, 0.25) is 0 Å². The fourth-order valence-electron chi connectivity index (χ4n) is 1.61. The Morgan fingerprint density at radius 3 is 2.75 bits per heavy atom. The molecule has 0 spiro atoms. The van der Waals surface area contributed by atoms with Crippen LogP contribution in [0.15, 0.2) is 29.2 Å². The maximum absolute atomic E-state index is 10.9. The molecule has 2 rings (SSSR count). The zero-order valence-corrected chi connectivity index (χ0v) is 9.84. The van der Waals surface area contributed by atoms with Crippen molar-refractivity contribution in [2.75, 3.05) is 6.26 Å². The van der Waals surface area contributed by atoms with Gasteiger partial charge in [0.05, 0.1) is 5.52 Å². The molecule has 1 heterocycles. The lowest BCUT2D eigenvalue weighted by molar-refractivity contribution is 0.0691. The van der Waals surface area contributed by atoms with Gasteiger partial charge in [0.2, 0.25) is 0 Å². The van der Waals surface area contributed by atoms with Crippen molar-refractivity contribution in [3.8, 4) is 0 Å². The van der Waals surface area contributed by atoms with E-state index < -0.39 is 5.97 Å². The van der Waals surface area contributed by atoms with Crippen LogP contribution in [0.5, 0.6) is 0 Å². The van der Waals surface area contributed by atoms with Crippen LogP contribution in [-0.4, -0.2) is 22.3 Å².